The fraction of sp³-hybridized carbons (Fsp3) is 0.333. The maximum Gasteiger partial charge on any atom is 0.0978 e. The lowest BCUT2D eigenvalue weighted by Crippen LogP contribution is -2.48. The fourth-order valence-corrected chi connectivity index (χ4v) is 1.54. The summed E-state index contributed by atoms with van der Waals surface area (Å²) in [6, 6.07) is 0. The molecule has 2 heteroatoms. The molecule has 0 amide bonds. The molecule has 0 heterocycles. The summed E-state index contributed by atoms with van der Waals surface area (Å²) in [5.74, 6) is 0. The second kappa shape index (κ2) is 8.48. The normalized spacial score (nSPS) is 9.71. The van der Waals surface area contributed by atoms with Gasteiger partial charge in [-0.15, -0.1) is 0 Å². The van der Waals surface area contributed by atoms with E-state index >= 15 is 0 Å². The highest BCUT2D eigenvalue weighted by molar-refractivity contribution is 4.79. The van der Waals surface area contributed by atoms with Crippen molar-refractivity contribution in [2.45, 2.75) is 0 Å². The largest absolute Gasteiger partial charge is 0.412 e. The molecule has 0 aromatic heterocycles. The van der Waals surface area contributed by atoms with Crippen LogP contribution < -0.4 is 0 Å². The third-order valence-corrected chi connectivity index (χ3v) is 2.07. The molecule has 0 aliphatic carbocycles. The van der Waals surface area contributed by atoms with Crippen molar-refractivity contribution in [2.75, 3.05) is 26.2 Å². The Morgan fingerprint density at radius 1 is 0.643 bits per heavy atom. The van der Waals surface area contributed by atoms with E-state index in [2.05, 4.69) is 26.3 Å². The average Bonchev–Trinajstić information content (AvgIpc) is 2.06. The van der Waals surface area contributed by atoms with Gasteiger partial charge in [0, 0.05) is 0 Å². The van der Waals surface area contributed by atoms with Crippen LogP contribution in [-0.2, 0) is 0 Å². The lowest BCUT2D eigenvalue weighted by Gasteiger charge is -2.35. The number of rotatable bonds is 8. The van der Waals surface area contributed by atoms with Gasteiger partial charge in [-0.2, -0.15) is 0 Å². The van der Waals surface area contributed by atoms with Gasteiger partial charge < -0.3 is 9.96 Å². The predicted molar refractivity (Wildman–Crippen MR) is 64.1 cm³/mol. The van der Waals surface area contributed by atoms with Crippen LogP contribution in [0.4, 0.5) is 0 Å². The van der Waals surface area contributed by atoms with Gasteiger partial charge in [0.15, 0.2) is 0 Å². The van der Waals surface area contributed by atoms with Crippen molar-refractivity contribution in [1.29, 1.82) is 0 Å². The van der Waals surface area contributed by atoms with E-state index in [1.165, 1.54) is 0 Å². The fourth-order valence-electron chi connectivity index (χ4n) is 1.54. The van der Waals surface area contributed by atoms with E-state index in [0.29, 0.717) is 0 Å². The lowest BCUT2D eigenvalue weighted by molar-refractivity contribution is -0.906. The zero-order valence-electron chi connectivity index (χ0n) is 8.91. The summed E-state index contributed by atoms with van der Waals surface area (Å²) in [6.45, 7) is 18.8. The van der Waals surface area contributed by atoms with Crippen molar-refractivity contribution >= 4 is 0 Å². The first-order valence-corrected chi connectivity index (χ1v) is 4.53. The molecule has 0 radical (unpaired) electrons. The van der Waals surface area contributed by atoms with Crippen molar-refractivity contribution in [2.24, 2.45) is 0 Å². The molecule has 0 bridgehead atoms. The molecule has 2 N–H and O–H groups in total. The van der Waals surface area contributed by atoms with Crippen LogP contribution in [0.15, 0.2) is 50.6 Å². The van der Waals surface area contributed by atoms with Gasteiger partial charge in [0.05, 0.1) is 26.2 Å². The van der Waals surface area contributed by atoms with Crippen LogP contribution in [0.1, 0.15) is 0 Å². The molecule has 0 spiro atoms. The summed E-state index contributed by atoms with van der Waals surface area (Å²) in [6.07, 6.45) is 7.76. The Bertz CT molecular complexity index is 151. The van der Waals surface area contributed by atoms with E-state index in [9.17, 15) is 0 Å². The second-order valence-corrected chi connectivity index (χ2v) is 3.23. The summed E-state index contributed by atoms with van der Waals surface area (Å²) in [5, 5.41) is 0. The number of nitrogens with zero attached hydrogens (tertiary/aromatic N) is 1. The molecule has 14 heavy (non-hydrogen) atoms. The topological polar surface area (TPSA) is 31.5 Å². The first-order chi connectivity index (χ1) is 6.24. The second-order valence-electron chi connectivity index (χ2n) is 3.23. The minimum atomic E-state index is 0. The first-order valence-electron chi connectivity index (χ1n) is 4.53. The highest BCUT2D eigenvalue weighted by atomic mass is 16.0. The summed E-state index contributed by atoms with van der Waals surface area (Å²) in [5.41, 5.74) is 0. The molecule has 0 fully saturated rings. The van der Waals surface area contributed by atoms with Crippen molar-refractivity contribution in [3.8, 4) is 0 Å². The van der Waals surface area contributed by atoms with Crippen LogP contribution in [0.25, 0.3) is 0 Å². The zero-order chi connectivity index (χ0) is 10.2. The SMILES string of the molecule is C=CC[N+](CC=C)(CC=C)CC=C.O. The number of quaternary nitrogens is 1. The maximum atomic E-state index is 3.77. The van der Waals surface area contributed by atoms with Crippen LogP contribution >= 0.6 is 0 Å². The van der Waals surface area contributed by atoms with Gasteiger partial charge in [0.2, 0.25) is 0 Å². The molecule has 0 atom stereocenters. The van der Waals surface area contributed by atoms with Gasteiger partial charge in [-0.3, -0.25) is 0 Å². The predicted octanol–water partition coefficient (Wildman–Crippen LogP) is 1.72. The van der Waals surface area contributed by atoms with E-state index in [0.717, 1.165) is 30.7 Å². The van der Waals surface area contributed by atoms with Crippen molar-refractivity contribution in [3.63, 3.8) is 0 Å². The minimum Gasteiger partial charge on any atom is -0.412 e. The molecule has 80 valence electrons. The quantitative estimate of drug-likeness (QED) is 0.418. The van der Waals surface area contributed by atoms with Gasteiger partial charge in [-0.25, -0.2) is 0 Å². The first kappa shape index (κ1) is 15.4. The summed E-state index contributed by atoms with van der Waals surface area (Å²) in [7, 11) is 0. The molecule has 0 saturated carbocycles. The van der Waals surface area contributed by atoms with Crippen molar-refractivity contribution < 1.29 is 9.96 Å². The third kappa shape index (κ3) is 4.80. The number of hydrogen-bond acceptors (Lipinski definition) is 0. The molecule has 2 nitrogen and oxygen atoms in total. The molecule has 0 saturated heterocycles. The molecular weight excluding hydrogens is 174 g/mol. The summed E-state index contributed by atoms with van der Waals surface area (Å²) >= 11 is 0. The van der Waals surface area contributed by atoms with Crippen molar-refractivity contribution in [3.05, 3.63) is 50.6 Å². The van der Waals surface area contributed by atoms with E-state index in [-0.39, 0.29) is 5.48 Å². The summed E-state index contributed by atoms with van der Waals surface area (Å²) < 4.78 is 0.903. The van der Waals surface area contributed by atoms with E-state index in [4.69, 9.17) is 0 Å². The van der Waals surface area contributed by atoms with Gasteiger partial charge in [0.25, 0.3) is 0 Å². The van der Waals surface area contributed by atoms with Gasteiger partial charge in [0.1, 0.15) is 0 Å². The van der Waals surface area contributed by atoms with Crippen LogP contribution in [0.2, 0.25) is 0 Å². The molecule has 0 rings (SSSR count). The standard InChI is InChI=1S/C12H20N.H2O/c1-5-9-13(10-6-2,11-7-3)12-8-4;/h5-8H,1-4,9-12H2;1H2/q+1;. The molecule has 0 aromatic rings. The summed E-state index contributed by atoms with van der Waals surface area (Å²) in [4.78, 5) is 0. The smallest absolute Gasteiger partial charge is 0.0978 e. The maximum absolute atomic E-state index is 3.77. The van der Waals surface area contributed by atoms with Crippen LogP contribution in [0.5, 0.6) is 0 Å². The molecule has 0 aliphatic heterocycles. The van der Waals surface area contributed by atoms with Gasteiger partial charge in [-0.1, -0.05) is 26.3 Å². The van der Waals surface area contributed by atoms with Crippen LogP contribution in [0.3, 0.4) is 0 Å². The Morgan fingerprint density at radius 2 is 0.857 bits per heavy atom. The Labute approximate surface area is 87.4 Å². The molecule has 0 unspecified atom stereocenters. The monoisotopic (exact) mass is 196 g/mol. The Hall–Kier alpha value is -1.12. The molecular formula is C12H22NO+. The van der Waals surface area contributed by atoms with E-state index < -0.39 is 0 Å². The molecule has 0 aromatic carbocycles. The van der Waals surface area contributed by atoms with Gasteiger partial charge >= 0.3 is 0 Å². The van der Waals surface area contributed by atoms with Crippen LogP contribution in [-0.4, -0.2) is 36.1 Å². The Morgan fingerprint density at radius 3 is 1.00 bits per heavy atom. The minimum absolute atomic E-state index is 0. The van der Waals surface area contributed by atoms with Crippen LogP contribution in [0, 0.1) is 0 Å². The highest BCUT2D eigenvalue weighted by Gasteiger charge is 2.20. The average molecular weight is 196 g/mol. The highest BCUT2D eigenvalue weighted by Crippen LogP contribution is 2.07. The van der Waals surface area contributed by atoms with Gasteiger partial charge in [-0.05, 0) is 24.3 Å². The van der Waals surface area contributed by atoms with E-state index in [1.807, 2.05) is 24.3 Å². The number of hydrogen-bond donors (Lipinski definition) is 0. The third-order valence-electron chi connectivity index (χ3n) is 2.07. The van der Waals surface area contributed by atoms with E-state index in [1.54, 1.807) is 0 Å². The molecule has 0 aliphatic rings. The van der Waals surface area contributed by atoms with Crippen molar-refractivity contribution in [1.82, 2.24) is 0 Å². The zero-order valence-corrected chi connectivity index (χ0v) is 8.91. The lowest BCUT2D eigenvalue weighted by atomic mass is 10.3. The Kier molecular flexibility index (Phi) is 9.30. The Balaban J connectivity index is 0.